The third-order valence-electron chi connectivity index (χ3n) is 6.39. The second kappa shape index (κ2) is 10.8. The number of rotatable bonds is 6. The zero-order valence-electron chi connectivity index (χ0n) is 22.0. The van der Waals surface area contributed by atoms with Gasteiger partial charge in [0.05, 0.1) is 11.1 Å². The number of alkyl halides is 3. The van der Waals surface area contributed by atoms with Crippen molar-refractivity contribution in [2.24, 2.45) is 10.7 Å². The predicted octanol–water partition coefficient (Wildman–Crippen LogP) is 5.63. The number of hydrogen-bond donors (Lipinski definition) is 3. The topological polar surface area (TPSA) is 113 Å². The summed E-state index contributed by atoms with van der Waals surface area (Å²) in [6.45, 7) is 1.90. The van der Waals surface area contributed by atoms with Crippen LogP contribution in [-0.2, 0) is 6.18 Å². The first kappa shape index (κ1) is 27.6. The number of amidine groups is 1. The van der Waals surface area contributed by atoms with Gasteiger partial charge in [0.1, 0.15) is 5.84 Å². The number of carbonyl (C=O) groups is 2. The molecule has 0 unspecified atom stereocenters. The number of hydrogen-bond acceptors (Lipinski definition) is 4. The first-order chi connectivity index (χ1) is 18.4. The fraction of sp³-hybridized carbons (Fsp3) is 0.286. The molecule has 3 amide bonds. The maximum Gasteiger partial charge on any atom is 0.417 e. The highest BCUT2D eigenvalue weighted by molar-refractivity contribution is 6.05. The lowest BCUT2D eigenvalue weighted by Gasteiger charge is -2.17. The summed E-state index contributed by atoms with van der Waals surface area (Å²) in [6.07, 6.45) is -2.58. The summed E-state index contributed by atoms with van der Waals surface area (Å²) in [7, 11) is 4.34. The Kier molecular flexibility index (Phi) is 7.62. The second-order valence-corrected chi connectivity index (χ2v) is 9.55. The number of nitrogens with zero attached hydrogens (tertiary/aromatic N) is 3. The third-order valence-corrected chi connectivity index (χ3v) is 6.39. The molecule has 0 saturated heterocycles. The normalized spacial score (nSPS) is 13.7. The summed E-state index contributed by atoms with van der Waals surface area (Å²) < 4.78 is 40.8. The monoisotopic (exact) mass is 538 g/mol. The van der Waals surface area contributed by atoms with Crippen molar-refractivity contribution in [3.63, 3.8) is 0 Å². The summed E-state index contributed by atoms with van der Waals surface area (Å²) in [5, 5.41) is 5.01. The third kappa shape index (κ3) is 6.19. The van der Waals surface area contributed by atoms with Crippen molar-refractivity contribution in [1.29, 1.82) is 0 Å². The molecular formula is C28H29F3N6O2. The number of aliphatic imine (C=N–C) groups is 1. The Morgan fingerprint density at radius 2 is 1.64 bits per heavy atom. The number of halogens is 3. The van der Waals surface area contributed by atoms with Gasteiger partial charge in [-0.15, -0.1) is 0 Å². The summed E-state index contributed by atoms with van der Waals surface area (Å²) in [5.74, 6) is 0.0199. The van der Waals surface area contributed by atoms with Gasteiger partial charge < -0.3 is 21.3 Å². The largest absolute Gasteiger partial charge is 0.417 e. The molecule has 1 aromatic heterocycles. The maximum atomic E-state index is 13.6. The Bertz CT molecular complexity index is 1440. The van der Waals surface area contributed by atoms with Crippen LogP contribution in [0.15, 0.2) is 53.5 Å². The molecule has 1 saturated carbocycles. The van der Waals surface area contributed by atoms with Crippen molar-refractivity contribution in [3.05, 3.63) is 76.6 Å². The lowest BCUT2D eigenvalue weighted by atomic mass is 9.96. The van der Waals surface area contributed by atoms with Crippen LogP contribution in [0, 0.1) is 6.92 Å². The smallest absolute Gasteiger partial charge is 0.383 e. The van der Waals surface area contributed by atoms with Crippen molar-refractivity contribution >= 4 is 29.1 Å². The maximum absolute atomic E-state index is 13.6. The minimum atomic E-state index is -4.78. The zero-order valence-corrected chi connectivity index (χ0v) is 22.0. The molecule has 4 rings (SSSR count). The van der Waals surface area contributed by atoms with E-state index in [-0.39, 0.29) is 5.69 Å². The van der Waals surface area contributed by atoms with Crippen molar-refractivity contribution in [2.75, 3.05) is 31.8 Å². The van der Waals surface area contributed by atoms with Crippen LogP contribution in [0.4, 0.5) is 29.3 Å². The summed E-state index contributed by atoms with van der Waals surface area (Å²) in [4.78, 5) is 34.6. The highest BCUT2D eigenvalue weighted by Crippen LogP contribution is 2.41. The SMILES string of the molecule is CN=C(N)c1c(-c2ccc(NC(=O)Nc3ccc(C(=O)N(C)C)c(C(F)(F)F)c3)cc2)cc(C2CC2)nc1C. The highest BCUT2D eigenvalue weighted by atomic mass is 19.4. The number of benzene rings is 2. The first-order valence-electron chi connectivity index (χ1n) is 12.2. The number of aromatic nitrogens is 1. The molecule has 0 radical (unpaired) electrons. The van der Waals surface area contributed by atoms with Gasteiger partial charge in [-0.25, -0.2) is 4.79 Å². The molecule has 39 heavy (non-hydrogen) atoms. The van der Waals surface area contributed by atoms with Gasteiger partial charge in [0.15, 0.2) is 0 Å². The molecule has 1 fully saturated rings. The van der Waals surface area contributed by atoms with Gasteiger partial charge in [0, 0.05) is 55.4 Å². The Labute approximate surface area is 224 Å². The van der Waals surface area contributed by atoms with Crippen molar-refractivity contribution in [2.45, 2.75) is 31.9 Å². The van der Waals surface area contributed by atoms with E-state index in [9.17, 15) is 22.8 Å². The van der Waals surface area contributed by atoms with Crippen molar-refractivity contribution in [1.82, 2.24) is 9.88 Å². The number of nitrogens with one attached hydrogen (secondary N) is 2. The fourth-order valence-corrected chi connectivity index (χ4v) is 4.26. The molecule has 3 aromatic rings. The predicted molar refractivity (Wildman–Crippen MR) is 145 cm³/mol. The van der Waals surface area contributed by atoms with Crippen LogP contribution in [0.5, 0.6) is 0 Å². The van der Waals surface area contributed by atoms with E-state index in [0.29, 0.717) is 17.4 Å². The van der Waals surface area contributed by atoms with Gasteiger partial charge in [0.25, 0.3) is 5.91 Å². The molecule has 0 aliphatic heterocycles. The highest BCUT2D eigenvalue weighted by Gasteiger charge is 2.36. The Morgan fingerprint density at radius 1 is 1.03 bits per heavy atom. The van der Waals surface area contributed by atoms with E-state index >= 15 is 0 Å². The Morgan fingerprint density at radius 3 is 2.21 bits per heavy atom. The van der Waals surface area contributed by atoms with Gasteiger partial charge in [-0.05, 0) is 67.3 Å². The average molecular weight is 539 g/mol. The van der Waals surface area contributed by atoms with Crippen LogP contribution in [0.3, 0.4) is 0 Å². The van der Waals surface area contributed by atoms with Crippen LogP contribution in [0.2, 0.25) is 0 Å². The summed E-state index contributed by atoms with van der Waals surface area (Å²) in [5.41, 5.74) is 9.14. The first-order valence-corrected chi connectivity index (χ1v) is 12.2. The standard InChI is InChI=1S/C28H29F3N6O2/c1-15-24(25(32)33-2)21(14-23(34-15)17-5-6-17)16-7-9-18(10-8-16)35-27(39)36-19-11-12-20(26(38)37(3)4)22(13-19)28(29,30)31/h7-14,17H,5-6H2,1-4H3,(H2,32,33)(H2,35,36,39). The number of pyridine rings is 1. The van der Waals surface area contributed by atoms with Crippen LogP contribution in [0.1, 0.15) is 51.6 Å². The molecule has 204 valence electrons. The molecular weight excluding hydrogens is 509 g/mol. The van der Waals surface area contributed by atoms with Gasteiger partial charge in [-0.2, -0.15) is 13.2 Å². The molecule has 0 spiro atoms. The number of aryl methyl sites for hydroxylation is 1. The van der Waals surface area contributed by atoms with E-state index in [0.717, 1.165) is 58.0 Å². The fourth-order valence-electron chi connectivity index (χ4n) is 4.26. The van der Waals surface area contributed by atoms with Crippen LogP contribution >= 0.6 is 0 Å². The molecule has 0 bridgehead atoms. The molecule has 2 aromatic carbocycles. The number of anilines is 2. The van der Waals surface area contributed by atoms with Gasteiger partial charge in [-0.1, -0.05) is 12.1 Å². The number of amides is 3. The second-order valence-electron chi connectivity index (χ2n) is 9.55. The lowest BCUT2D eigenvalue weighted by molar-refractivity contribution is -0.138. The zero-order chi connectivity index (χ0) is 28.5. The number of carbonyl (C=O) groups excluding carboxylic acids is 2. The van der Waals surface area contributed by atoms with Crippen LogP contribution < -0.4 is 16.4 Å². The molecule has 1 aliphatic carbocycles. The summed E-state index contributed by atoms with van der Waals surface area (Å²) in [6, 6.07) is 11.3. The molecule has 4 N–H and O–H groups in total. The van der Waals surface area contributed by atoms with Crippen molar-refractivity contribution < 1.29 is 22.8 Å². The van der Waals surface area contributed by atoms with Crippen LogP contribution in [-0.4, -0.2) is 48.8 Å². The van der Waals surface area contributed by atoms with Gasteiger partial charge >= 0.3 is 12.2 Å². The molecule has 8 nitrogen and oxygen atoms in total. The van der Waals surface area contributed by atoms with E-state index in [2.05, 4.69) is 15.6 Å². The van der Waals surface area contributed by atoms with E-state index < -0.39 is 29.2 Å². The summed E-state index contributed by atoms with van der Waals surface area (Å²) >= 11 is 0. The lowest BCUT2D eigenvalue weighted by Crippen LogP contribution is -2.25. The Hall–Kier alpha value is -4.41. The Balaban J connectivity index is 1.54. The van der Waals surface area contributed by atoms with Crippen LogP contribution in [0.25, 0.3) is 11.1 Å². The van der Waals surface area contributed by atoms with E-state index in [1.54, 1.807) is 19.2 Å². The minimum Gasteiger partial charge on any atom is -0.383 e. The van der Waals surface area contributed by atoms with Gasteiger partial charge in [0.2, 0.25) is 0 Å². The number of urea groups is 1. The molecule has 1 heterocycles. The molecule has 1 aliphatic rings. The molecule has 0 atom stereocenters. The average Bonchev–Trinajstić information content (AvgIpc) is 3.73. The quantitative estimate of drug-likeness (QED) is 0.279. The number of nitrogens with two attached hydrogens (primary N) is 1. The van der Waals surface area contributed by atoms with E-state index in [4.69, 9.17) is 10.7 Å². The van der Waals surface area contributed by atoms with E-state index in [1.807, 2.05) is 25.1 Å². The minimum absolute atomic E-state index is 0.106. The van der Waals surface area contributed by atoms with E-state index in [1.165, 1.54) is 20.2 Å². The molecule has 11 heteroatoms. The van der Waals surface area contributed by atoms with Gasteiger partial charge in [-0.3, -0.25) is 14.8 Å². The van der Waals surface area contributed by atoms with Crippen molar-refractivity contribution in [3.8, 4) is 11.1 Å².